The maximum absolute atomic E-state index is 9.49. The Kier molecular flexibility index (Phi) is 3.16. The van der Waals surface area contributed by atoms with E-state index in [-0.39, 0.29) is 0 Å². The lowest BCUT2D eigenvalue weighted by Crippen LogP contribution is -1.82. The predicted molar refractivity (Wildman–Crippen MR) is 55.3 cm³/mol. The molecule has 0 amide bonds. The third-order valence-electron chi connectivity index (χ3n) is 1.74. The normalized spacial score (nSPS) is 10.9. The van der Waals surface area contributed by atoms with Crippen LogP contribution in [0.2, 0.25) is 0 Å². The Bertz CT molecular complexity index is 338. The summed E-state index contributed by atoms with van der Waals surface area (Å²) >= 11 is 0. The largest absolute Gasteiger partial charge is 0.508 e. The minimum atomic E-state index is 0.311. The average Bonchev–Trinajstić information content (AvgIpc) is 2.18. The van der Waals surface area contributed by atoms with Gasteiger partial charge in [0.25, 0.3) is 0 Å². The minimum absolute atomic E-state index is 0.311. The molecule has 0 bridgehead atoms. The van der Waals surface area contributed by atoms with E-state index in [1.807, 2.05) is 31.2 Å². The Balaban J connectivity index is 2.94. The molecule has 1 aromatic rings. The molecule has 0 aliphatic heterocycles. The lowest BCUT2D eigenvalue weighted by Gasteiger charge is -1.99. The van der Waals surface area contributed by atoms with Gasteiger partial charge in [-0.25, -0.2) is 0 Å². The van der Waals surface area contributed by atoms with E-state index in [9.17, 15) is 5.11 Å². The first-order valence-corrected chi connectivity index (χ1v) is 4.24. The fourth-order valence-electron chi connectivity index (χ4n) is 1.05. The highest BCUT2D eigenvalue weighted by molar-refractivity contribution is 5.59. The second-order valence-corrected chi connectivity index (χ2v) is 2.72. The van der Waals surface area contributed by atoms with Crippen molar-refractivity contribution in [3.63, 3.8) is 0 Å². The van der Waals surface area contributed by atoms with Crippen LogP contribution in [0.1, 0.15) is 24.5 Å². The van der Waals surface area contributed by atoms with Crippen LogP contribution < -0.4 is 0 Å². The summed E-state index contributed by atoms with van der Waals surface area (Å²) in [6.45, 7) is 1.98. The number of allylic oxidation sites excluding steroid dienone is 1. The van der Waals surface area contributed by atoms with Crippen LogP contribution in [0.25, 0.3) is 5.76 Å². The second kappa shape index (κ2) is 4.37. The lowest BCUT2D eigenvalue weighted by molar-refractivity contribution is 0.509. The third-order valence-corrected chi connectivity index (χ3v) is 1.74. The van der Waals surface area contributed by atoms with Gasteiger partial charge in [0.05, 0.1) is 0 Å². The van der Waals surface area contributed by atoms with E-state index in [1.165, 1.54) is 0 Å². The molecule has 0 saturated heterocycles. The molecule has 0 atom stereocenters. The van der Waals surface area contributed by atoms with Crippen molar-refractivity contribution < 1.29 is 5.11 Å². The van der Waals surface area contributed by atoms with Crippen molar-refractivity contribution in [3.05, 3.63) is 41.5 Å². The molecule has 13 heavy (non-hydrogen) atoms. The zero-order chi connectivity index (χ0) is 9.68. The number of hydrogen-bond acceptors (Lipinski definition) is 1. The molecule has 1 heteroatoms. The van der Waals surface area contributed by atoms with Crippen molar-refractivity contribution in [2.45, 2.75) is 13.3 Å². The summed E-state index contributed by atoms with van der Waals surface area (Å²) in [6.07, 6.45) is 7.80. The Labute approximate surface area is 78.7 Å². The number of aliphatic hydroxyl groups excluding tert-OH is 1. The van der Waals surface area contributed by atoms with E-state index in [0.29, 0.717) is 5.76 Å². The first kappa shape index (κ1) is 9.41. The standard InChI is InChI=1S/C12H12O/c1-3-5-12(13)11-8-6-10(4-2)7-9-11/h2,5-9,13H,3H2,1H3. The number of hydrogen-bond donors (Lipinski definition) is 1. The van der Waals surface area contributed by atoms with Gasteiger partial charge in [-0.2, -0.15) is 0 Å². The Morgan fingerprint density at radius 2 is 2.08 bits per heavy atom. The van der Waals surface area contributed by atoms with Crippen LogP contribution >= 0.6 is 0 Å². The molecular weight excluding hydrogens is 160 g/mol. The molecule has 0 fully saturated rings. The highest BCUT2D eigenvalue weighted by atomic mass is 16.3. The Morgan fingerprint density at radius 3 is 2.54 bits per heavy atom. The zero-order valence-corrected chi connectivity index (χ0v) is 7.62. The van der Waals surface area contributed by atoms with Gasteiger partial charge in [0.15, 0.2) is 0 Å². The molecule has 0 radical (unpaired) electrons. The van der Waals surface area contributed by atoms with E-state index >= 15 is 0 Å². The van der Waals surface area contributed by atoms with Crippen molar-refractivity contribution in [1.29, 1.82) is 0 Å². The van der Waals surface area contributed by atoms with Crippen LogP contribution in [0.15, 0.2) is 30.3 Å². The number of aliphatic hydroxyl groups is 1. The van der Waals surface area contributed by atoms with Crippen LogP contribution in [-0.2, 0) is 0 Å². The van der Waals surface area contributed by atoms with Crippen LogP contribution in [0, 0.1) is 12.3 Å². The molecule has 1 nitrogen and oxygen atoms in total. The van der Waals surface area contributed by atoms with E-state index in [4.69, 9.17) is 6.42 Å². The van der Waals surface area contributed by atoms with Crippen molar-refractivity contribution >= 4 is 5.76 Å². The number of rotatable bonds is 2. The quantitative estimate of drug-likeness (QED) is 0.537. The highest BCUT2D eigenvalue weighted by Crippen LogP contribution is 2.12. The highest BCUT2D eigenvalue weighted by Gasteiger charge is 1.96. The summed E-state index contributed by atoms with van der Waals surface area (Å²) < 4.78 is 0. The van der Waals surface area contributed by atoms with Crippen LogP contribution in [-0.4, -0.2) is 5.11 Å². The van der Waals surface area contributed by atoms with Gasteiger partial charge in [-0.3, -0.25) is 0 Å². The Morgan fingerprint density at radius 1 is 1.46 bits per heavy atom. The predicted octanol–water partition coefficient (Wildman–Crippen LogP) is 2.98. The molecule has 1 N–H and O–H groups in total. The van der Waals surface area contributed by atoms with Crippen molar-refractivity contribution in [2.75, 3.05) is 0 Å². The first-order chi connectivity index (χ1) is 6.27. The van der Waals surface area contributed by atoms with Gasteiger partial charge < -0.3 is 5.11 Å². The monoisotopic (exact) mass is 172 g/mol. The maximum atomic E-state index is 9.49. The lowest BCUT2D eigenvalue weighted by atomic mass is 10.1. The van der Waals surface area contributed by atoms with Crippen LogP contribution in [0.3, 0.4) is 0 Å². The topological polar surface area (TPSA) is 20.2 Å². The maximum Gasteiger partial charge on any atom is 0.118 e. The number of terminal acetylenes is 1. The summed E-state index contributed by atoms with van der Waals surface area (Å²) in [5.74, 6) is 2.84. The summed E-state index contributed by atoms with van der Waals surface area (Å²) in [6, 6.07) is 7.26. The fraction of sp³-hybridized carbons (Fsp3) is 0.167. The molecule has 66 valence electrons. The van der Waals surface area contributed by atoms with Gasteiger partial charge in [-0.05, 0) is 24.6 Å². The summed E-state index contributed by atoms with van der Waals surface area (Å²) in [5.41, 5.74) is 1.63. The van der Waals surface area contributed by atoms with Crippen LogP contribution in [0.5, 0.6) is 0 Å². The van der Waals surface area contributed by atoms with Crippen molar-refractivity contribution in [3.8, 4) is 12.3 Å². The van der Waals surface area contributed by atoms with Crippen molar-refractivity contribution in [2.24, 2.45) is 0 Å². The molecule has 1 rings (SSSR count). The first-order valence-electron chi connectivity index (χ1n) is 4.24. The van der Waals surface area contributed by atoms with E-state index in [0.717, 1.165) is 17.5 Å². The Hall–Kier alpha value is -1.68. The molecule has 0 heterocycles. The van der Waals surface area contributed by atoms with Gasteiger partial charge >= 0.3 is 0 Å². The van der Waals surface area contributed by atoms with Gasteiger partial charge in [0.2, 0.25) is 0 Å². The van der Waals surface area contributed by atoms with Crippen LogP contribution in [0.4, 0.5) is 0 Å². The summed E-state index contributed by atoms with van der Waals surface area (Å²) in [7, 11) is 0. The zero-order valence-electron chi connectivity index (χ0n) is 7.62. The average molecular weight is 172 g/mol. The minimum Gasteiger partial charge on any atom is -0.508 e. The SMILES string of the molecule is C#Cc1ccc(C(O)=CCC)cc1. The molecule has 0 aromatic heterocycles. The van der Waals surface area contributed by atoms with Gasteiger partial charge in [0.1, 0.15) is 5.76 Å². The molecule has 0 unspecified atom stereocenters. The smallest absolute Gasteiger partial charge is 0.118 e. The second-order valence-electron chi connectivity index (χ2n) is 2.72. The van der Waals surface area contributed by atoms with E-state index < -0.39 is 0 Å². The third kappa shape index (κ3) is 2.38. The fourth-order valence-corrected chi connectivity index (χ4v) is 1.05. The summed E-state index contributed by atoms with van der Waals surface area (Å²) in [4.78, 5) is 0. The van der Waals surface area contributed by atoms with Crippen molar-refractivity contribution in [1.82, 2.24) is 0 Å². The van der Waals surface area contributed by atoms with E-state index in [2.05, 4.69) is 5.92 Å². The summed E-state index contributed by atoms with van der Waals surface area (Å²) in [5, 5.41) is 9.49. The molecular formula is C12H12O. The number of benzene rings is 1. The molecule has 1 aromatic carbocycles. The van der Waals surface area contributed by atoms with E-state index in [1.54, 1.807) is 6.08 Å². The van der Waals surface area contributed by atoms with Gasteiger partial charge in [-0.15, -0.1) is 6.42 Å². The van der Waals surface area contributed by atoms with Gasteiger partial charge in [-0.1, -0.05) is 25.0 Å². The molecule has 0 aliphatic carbocycles. The van der Waals surface area contributed by atoms with Gasteiger partial charge in [0, 0.05) is 11.1 Å². The molecule has 0 aliphatic rings. The molecule has 0 spiro atoms. The molecule has 0 saturated carbocycles.